The maximum atomic E-state index is 11.4. The van der Waals surface area contributed by atoms with Crippen molar-refractivity contribution in [3.05, 3.63) is 24.3 Å². The fourth-order valence-corrected chi connectivity index (χ4v) is 1.15. The third kappa shape index (κ3) is 3.61. The second-order valence-corrected chi connectivity index (χ2v) is 3.16. The second kappa shape index (κ2) is 5.75. The number of methoxy groups -OCH3 is 1. The van der Waals surface area contributed by atoms with E-state index in [1.165, 1.54) is 14.0 Å². The minimum absolute atomic E-state index is 0.0482. The van der Waals surface area contributed by atoms with Crippen LogP contribution in [0, 0.1) is 0 Å². The van der Waals surface area contributed by atoms with Crippen LogP contribution in [0.1, 0.15) is 6.92 Å². The SMILES string of the molecule is COc1ccccc1NC(=O)CNC(C)=O. The molecule has 1 aromatic carbocycles. The van der Waals surface area contributed by atoms with Crippen LogP contribution in [-0.2, 0) is 9.59 Å². The van der Waals surface area contributed by atoms with Crippen molar-refractivity contribution >= 4 is 17.5 Å². The van der Waals surface area contributed by atoms with Crippen LogP contribution in [0.15, 0.2) is 24.3 Å². The molecule has 5 nitrogen and oxygen atoms in total. The van der Waals surface area contributed by atoms with Gasteiger partial charge in [-0.1, -0.05) is 12.1 Å². The number of hydrogen-bond donors (Lipinski definition) is 2. The fourth-order valence-electron chi connectivity index (χ4n) is 1.15. The number of carbonyl (C=O) groups is 2. The van der Waals surface area contributed by atoms with Crippen LogP contribution in [0.2, 0.25) is 0 Å². The molecule has 0 bridgehead atoms. The highest BCUT2D eigenvalue weighted by atomic mass is 16.5. The number of amides is 2. The van der Waals surface area contributed by atoms with Gasteiger partial charge in [0.05, 0.1) is 19.3 Å². The maximum absolute atomic E-state index is 11.4. The molecule has 16 heavy (non-hydrogen) atoms. The van der Waals surface area contributed by atoms with E-state index >= 15 is 0 Å². The van der Waals surface area contributed by atoms with E-state index < -0.39 is 0 Å². The molecular weight excluding hydrogens is 208 g/mol. The lowest BCUT2D eigenvalue weighted by atomic mass is 10.3. The predicted molar refractivity (Wildman–Crippen MR) is 60.3 cm³/mol. The molecule has 1 rings (SSSR count). The molecule has 0 radical (unpaired) electrons. The molecule has 0 saturated heterocycles. The lowest BCUT2D eigenvalue weighted by molar-refractivity contribution is -0.122. The third-order valence-corrected chi connectivity index (χ3v) is 1.88. The topological polar surface area (TPSA) is 67.4 Å². The normalized spacial score (nSPS) is 9.38. The van der Waals surface area contributed by atoms with E-state index in [0.29, 0.717) is 11.4 Å². The Balaban J connectivity index is 2.58. The Morgan fingerprint density at radius 1 is 1.31 bits per heavy atom. The number of ether oxygens (including phenoxy) is 1. The number of anilines is 1. The smallest absolute Gasteiger partial charge is 0.243 e. The Morgan fingerprint density at radius 2 is 2.00 bits per heavy atom. The summed E-state index contributed by atoms with van der Waals surface area (Å²) >= 11 is 0. The summed E-state index contributed by atoms with van der Waals surface area (Å²) in [4.78, 5) is 22.0. The Kier molecular flexibility index (Phi) is 4.32. The Bertz CT molecular complexity index is 391. The van der Waals surface area contributed by atoms with Crippen molar-refractivity contribution in [1.29, 1.82) is 0 Å². The van der Waals surface area contributed by atoms with Crippen molar-refractivity contribution < 1.29 is 14.3 Å². The first-order valence-electron chi connectivity index (χ1n) is 4.81. The van der Waals surface area contributed by atoms with Gasteiger partial charge >= 0.3 is 0 Å². The summed E-state index contributed by atoms with van der Waals surface area (Å²) in [5.74, 6) is 0.0496. The van der Waals surface area contributed by atoms with Gasteiger partial charge < -0.3 is 15.4 Å². The van der Waals surface area contributed by atoms with Gasteiger partial charge in [0.25, 0.3) is 0 Å². The van der Waals surface area contributed by atoms with Crippen LogP contribution in [0.5, 0.6) is 5.75 Å². The molecule has 0 aromatic heterocycles. The van der Waals surface area contributed by atoms with E-state index in [9.17, 15) is 9.59 Å². The molecule has 0 aliphatic heterocycles. The van der Waals surface area contributed by atoms with Gasteiger partial charge in [-0.05, 0) is 12.1 Å². The molecule has 0 atom stereocenters. The summed E-state index contributed by atoms with van der Waals surface area (Å²) in [6, 6.07) is 7.07. The van der Waals surface area contributed by atoms with Crippen molar-refractivity contribution in [2.75, 3.05) is 19.0 Å². The summed E-state index contributed by atoms with van der Waals surface area (Å²) in [6.07, 6.45) is 0. The highest BCUT2D eigenvalue weighted by Gasteiger charge is 2.06. The number of rotatable bonds is 4. The maximum Gasteiger partial charge on any atom is 0.243 e. The molecule has 0 spiro atoms. The quantitative estimate of drug-likeness (QED) is 0.790. The average molecular weight is 222 g/mol. The molecule has 2 N–H and O–H groups in total. The van der Waals surface area contributed by atoms with Gasteiger partial charge in [-0.2, -0.15) is 0 Å². The Hall–Kier alpha value is -2.04. The second-order valence-electron chi connectivity index (χ2n) is 3.16. The minimum atomic E-state index is -0.292. The molecular formula is C11H14N2O3. The van der Waals surface area contributed by atoms with Crippen LogP contribution in [0.3, 0.4) is 0 Å². The lowest BCUT2D eigenvalue weighted by Gasteiger charge is -2.09. The van der Waals surface area contributed by atoms with Crippen LogP contribution < -0.4 is 15.4 Å². The number of benzene rings is 1. The van der Waals surface area contributed by atoms with E-state index in [4.69, 9.17) is 4.74 Å². The zero-order valence-corrected chi connectivity index (χ0v) is 9.24. The van der Waals surface area contributed by atoms with Crippen LogP contribution in [0.25, 0.3) is 0 Å². The molecule has 1 aromatic rings. The number of hydrogen-bond acceptors (Lipinski definition) is 3. The van der Waals surface area contributed by atoms with E-state index in [1.54, 1.807) is 18.2 Å². The Labute approximate surface area is 93.8 Å². The highest BCUT2D eigenvalue weighted by molar-refractivity contribution is 5.95. The predicted octanol–water partition coefficient (Wildman–Crippen LogP) is 0.770. The molecule has 0 aliphatic carbocycles. The number of carbonyl (C=O) groups excluding carboxylic acids is 2. The van der Waals surface area contributed by atoms with E-state index in [0.717, 1.165) is 0 Å². The number of nitrogens with one attached hydrogen (secondary N) is 2. The van der Waals surface area contributed by atoms with E-state index in [2.05, 4.69) is 10.6 Å². The zero-order valence-electron chi connectivity index (χ0n) is 9.24. The van der Waals surface area contributed by atoms with Gasteiger partial charge in [0.15, 0.2) is 0 Å². The summed E-state index contributed by atoms with van der Waals surface area (Å²) in [6.45, 7) is 1.31. The average Bonchev–Trinajstić information content (AvgIpc) is 2.27. The first kappa shape index (κ1) is 12.0. The third-order valence-electron chi connectivity index (χ3n) is 1.88. The van der Waals surface area contributed by atoms with Crippen molar-refractivity contribution in [3.8, 4) is 5.75 Å². The van der Waals surface area contributed by atoms with Crippen LogP contribution >= 0.6 is 0 Å². The van der Waals surface area contributed by atoms with Crippen LogP contribution in [-0.4, -0.2) is 25.5 Å². The monoisotopic (exact) mass is 222 g/mol. The summed E-state index contributed by atoms with van der Waals surface area (Å²) in [7, 11) is 1.53. The van der Waals surface area contributed by atoms with Crippen molar-refractivity contribution in [3.63, 3.8) is 0 Å². The molecule has 2 amide bonds. The minimum Gasteiger partial charge on any atom is -0.495 e. The first-order chi connectivity index (χ1) is 7.63. The molecule has 0 unspecified atom stereocenters. The largest absolute Gasteiger partial charge is 0.495 e. The van der Waals surface area contributed by atoms with Gasteiger partial charge in [-0.15, -0.1) is 0 Å². The molecule has 0 aliphatic rings. The number of para-hydroxylation sites is 2. The standard InChI is InChI=1S/C11H14N2O3/c1-8(14)12-7-11(15)13-9-5-3-4-6-10(9)16-2/h3-6H,7H2,1-2H3,(H,12,14)(H,13,15). The first-order valence-corrected chi connectivity index (χ1v) is 4.81. The molecule has 0 heterocycles. The summed E-state index contributed by atoms with van der Waals surface area (Å²) in [5.41, 5.74) is 0.584. The van der Waals surface area contributed by atoms with Crippen molar-refractivity contribution in [2.45, 2.75) is 6.92 Å². The summed E-state index contributed by atoms with van der Waals surface area (Å²) in [5, 5.41) is 5.05. The van der Waals surface area contributed by atoms with E-state index in [1.807, 2.05) is 6.07 Å². The van der Waals surface area contributed by atoms with Gasteiger partial charge in [0.1, 0.15) is 5.75 Å². The molecule has 86 valence electrons. The van der Waals surface area contributed by atoms with Crippen molar-refractivity contribution in [1.82, 2.24) is 5.32 Å². The summed E-state index contributed by atoms with van der Waals surface area (Å²) < 4.78 is 5.07. The molecule has 0 saturated carbocycles. The van der Waals surface area contributed by atoms with E-state index in [-0.39, 0.29) is 18.4 Å². The van der Waals surface area contributed by atoms with Gasteiger partial charge in [0, 0.05) is 6.92 Å². The molecule has 5 heteroatoms. The molecule has 0 fully saturated rings. The zero-order chi connectivity index (χ0) is 12.0. The highest BCUT2D eigenvalue weighted by Crippen LogP contribution is 2.22. The van der Waals surface area contributed by atoms with Gasteiger partial charge in [-0.25, -0.2) is 0 Å². The van der Waals surface area contributed by atoms with Gasteiger partial charge in [-0.3, -0.25) is 9.59 Å². The lowest BCUT2D eigenvalue weighted by Crippen LogP contribution is -2.31. The van der Waals surface area contributed by atoms with Crippen LogP contribution in [0.4, 0.5) is 5.69 Å². The van der Waals surface area contributed by atoms with Gasteiger partial charge in [0.2, 0.25) is 11.8 Å². The van der Waals surface area contributed by atoms with Crippen molar-refractivity contribution in [2.24, 2.45) is 0 Å². The fraction of sp³-hybridized carbons (Fsp3) is 0.273. The Morgan fingerprint density at radius 3 is 2.62 bits per heavy atom.